The van der Waals surface area contributed by atoms with Crippen LogP contribution in [0.4, 0.5) is 5.00 Å². The van der Waals surface area contributed by atoms with Crippen molar-refractivity contribution in [2.45, 2.75) is 0 Å². The number of thiophene rings is 1. The standard InChI is InChI=1S/C7H5IN2OS/c8-3-6(11)10-7-5(4-9)1-2-12-7/h1-2H,3H2,(H,10,11). The van der Waals surface area contributed by atoms with Gasteiger partial charge in [0, 0.05) is 0 Å². The topological polar surface area (TPSA) is 52.9 Å². The summed E-state index contributed by atoms with van der Waals surface area (Å²) in [6.07, 6.45) is 0. The fraction of sp³-hybridized carbons (Fsp3) is 0.143. The number of rotatable bonds is 2. The van der Waals surface area contributed by atoms with Gasteiger partial charge in [0.1, 0.15) is 11.1 Å². The van der Waals surface area contributed by atoms with Crippen molar-refractivity contribution in [2.24, 2.45) is 0 Å². The van der Waals surface area contributed by atoms with Crippen LogP contribution in [0.2, 0.25) is 0 Å². The van der Waals surface area contributed by atoms with Gasteiger partial charge in [-0.05, 0) is 11.4 Å². The van der Waals surface area contributed by atoms with Gasteiger partial charge >= 0.3 is 0 Å². The smallest absolute Gasteiger partial charge is 0.234 e. The first-order chi connectivity index (χ1) is 5.77. The molecule has 0 aliphatic rings. The van der Waals surface area contributed by atoms with E-state index in [1.807, 2.05) is 28.7 Å². The van der Waals surface area contributed by atoms with Crippen LogP contribution in [0.5, 0.6) is 0 Å². The number of anilines is 1. The second kappa shape index (κ2) is 4.42. The molecular formula is C7H5IN2OS. The monoisotopic (exact) mass is 292 g/mol. The van der Waals surface area contributed by atoms with Gasteiger partial charge in [0.2, 0.25) is 5.91 Å². The molecule has 1 aromatic rings. The van der Waals surface area contributed by atoms with Gasteiger partial charge in [-0.3, -0.25) is 4.79 Å². The Balaban J connectivity index is 2.76. The number of halogens is 1. The molecular weight excluding hydrogens is 287 g/mol. The zero-order valence-corrected chi connectivity index (χ0v) is 8.98. The lowest BCUT2D eigenvalue weighted by atomic mass is 10.3. The number of carbonyl (C=O) groups excluding carboxylic acids is 1. The molecule has 0 radical (unpaired) electrons. The minimum absolute atomic E-state index is 0.0745. The van der Waals surface area contributed by atoms with Crippen molar-refractivity contribution < 1.29 is 4.79 Å². The van der Waals surface area contributed by atoms with Gasteiger partial charge in [0.05, 0.1) is 9.99 Å². The molecule has 0 aliphatic carbocycles. The molecule has 1 aromatic heterocycles. The van der Waals surface area contributed by atoms with Gasteiger partial charge in [-0.25, -0.2) is 0 Å². The Hall–Kier alpha value is -0.610. The van der Waals surface area contributed by atoms with Crippen molar-refractivity contribution in [3.63, 3.8) is 0 Å². The van der Waals surface area contributed by atoms with Gasteiger partial charge in [0.25, 0.3) is 0 Å². The lowest BCUT2D eigenvalue weighted by molar-refractivity contribution is -0.113. The van der Waals surface area contributed by atoms with Crippen LogP contribution >= 0.6 is 33.9 Å². The molecule has 0 bridgehead atoms. The number of carbonyl (C=O) groups is 1. The zero-order valence-electron chi connectivity index (χ0n) is 6.00. The number of nitrogens with zero attached hydrogens (tertiary/aromatic N) is 1. The molecule has 0 atom stereocenters. The van der Waals surface area contributed by atoms with Crippen molar-refractivity contribution in [2.75, 3.05) is 9.74 Å². The van der Waals surface area contributed by atoms with E-state index in [0.29, 0.717) is 15.0 Å². The third-order valence-corrected chi connectivity index (χ3v) is 2.68. The lowest BCUT2D eigenvalue weighted by Crippen LogP contribution is -2.11. The Bertz CT molecular complexity index is 328. The molecule has 1 amide bonds. The van der Waals surface area contributed by atoms with Crippen LogP contribution in [0.3, 0.4) is 0 Å². The van der Waals surface area contributed by atoms with Crippen molar-refractivity contribution in [1.82, 2.24) is 0 Å². The normalized spacial score (nSPS) is 9.00. The Kier molecular flexibility index (Phi) is 3.49. The summed E-state index contributed by atoms with van der Waals surface area (Å²) in [4.78, 5) is 10.9. The van der Waals surface area contributed by atoms with Crippen LogP contribution in [-0.4, -0.2) is 10.3 Å². The highest BCUT2D eigenvalue weighted by molar-refractivity contribution is 14.1. The average Bonchev–Trinajstić information content (AvgIpc) is 2.51. The summed E-state index contributed by atoms with van der Waals surface area (Å²) in [5, 5.41) is 13.7. The quantitative estimate of drug-likeness (QED) is 0.669. The van der Waals surface area contributed by atoms with Crippen LogP contribution in [-0.2, 0) is 4.79 Å². The van der Waals surface area contributed by atoms with Gasteiger partial charge in [-0.15, -0.1) is 11.3 Å². The second-order valence-electron chi connectivity index (χ2n) is 1.96. The number of hydrogen-bond donors (Lipinski definition) is 1. The first kappa shape index (κ1) is 9.48. The molecule has 5 heteroatoms. The number of alkyl halides is 1. The first-order valence-electron chi connectivity index (χ1n) is 3.11. The summed E-state index contributed by atoms with van der Waals surface area (Å²) >= 11 is 3.33. The molecule has 0 aliphatic heterocycles. The largest absolute Gasteiger partial charge is 0.316 e. The SMILES string of the molecule is N#Cc1ccsc1NC(=O)CI. The predicted molar refractivity (Wildman–Crippen MR) is 56.6 cm³/mol. The van der Waals surface area contributed by atoms with E-state index in [4.69, 9.17) is 5.26 Å². The molecule has 0 spiro atoms. The molecule has 1 heterocycles. The molecule has 0 unspecified atom stereocenters. The maximum atomic E-state index is 10.9. The number of amides is 1. The van der Waals surface area contributed by atoms with Crippen LogP contribution in [0.25, 0.3) is 0 Å². The van der Waals surface area contributed by atoms with E-state index in [1.54, 1.807) is 11.4 Å². The van der Waals surface area contributed by atoms with E-state index in [0.717, 1.165) is 0 Å². The summed E-state index contributed by atoms with van der Waals surface area (Å²) in [6, 6.07) is 3.69. The molecule has 0 fully saturated rings. The minimum Gasteiger partial charge on any atom is -0.316 e. The number of nitriles is 1. The zero-order chi connectivity index (χ0) is 8.97. The second-order valence-corrected chi connectivity index (χ2v) is 3.64. The third-order valence-electron chi connectivity index (χ3n) is 1.16. The highest BCUT2D eigenvalue weighted by Crippen LogP contribution is 2.21. The summed E-state index contributed by atoms with van der Waals surface area (Å²) in [7, 11) is 0. The van der Waals surface area contributed by atoms with E-state index >= 15 is 0 Å². The summed E-state index contributed by atoms with van der Waals surface area (Å²) in [5.74, 6) is -0.0745. The van der Waals surface area contributed by atoms with Gasteiger partial charge in [0.15, 0.2) is 0 Å². The van der Waals surface area contributed by atoms with Crippen LogP contribution < -0.4 is 5.32 Å². The number of hydrogen-bond acceptors (Lipinski definition) is 3. The Labute approximate surface area is 87.5 Å². The van der Waals surface area contributed by atoms with Crippen LogP contribution in [0.15, 0.2) is 11.4 Å². The highest BCUT2D eigenvalue weighted by atomic mass is 127. The lowest BCUT2D eigenvalue weighted by Gasteiger charge is -1.97. The van der Waals surface area contributed by atoms with Crippen LogP contribution in [0.1, 0.15) is 5.56 Å². The molecule has 3 nitrogen and oxygen atoms in total. The molecule has 0 saturated heterocycles. The fourth-order valence-corrected chi connectivity index (χ4v) is 1.60. The molecule has 12 heavy (non-hydrogen) atoms. The predicted octanol–water partition coefficient (Wildman–Crippen LogP) is 1.99. The molecule has 0 aromatic carbocycles. The summed E-state index contributed by atoms with van der Waals surface area (Å²) in [6.45, 7) is 0. The van der Waals surface area contributed by atoms with Gasteiger partial charge in [-0.1, -0.05) is 22.6 Å². The first-order valence-corrected chi connectivity index (χ1v) is 5.52. The minimum atomic E-state index is -0.0745. The van der Waals surface area contributed by atoms with E-state index < -0.39 is 0 Å². The van der Waals surface area contributed by atoms with Crippen LogP contribution in [0, 0.1) is 11.3 Å². The van der Waals surface area contributed by atoms with E-state index in [9.17, 15) is 4.79 Å². The Morgan fingerprint density at radius 2 is 2.58 bits per heavy atom. The van der Waals surface area contributed by atoms with E-state index in [1.165, 1.54) is 11.3 Å². The van der Waals surface area contributed by atoms with E-state index in [-0.39, 0.29) is 5.91 Å². The summed E-state index contributed by atoms with van der Waals surface area (Å²) in [5.41, 5.74) is 0.526. The average molecular weight is 292 g/mol. The molecule has 1 N–H and O–H groups in total. The number of nitrogens with one attached hydrogen (secondary N) is 1. The van der Waals surface area contributed by atoms with E-state index in [2.05, 4.69) is 5.32 Å². The Morgan fingerprint density at radius 3 is 3.17 bits per heavy atom. The molecule has 1 rings (SSSR count). The molecule has 0 saturated carbocycles. The van der Waals surface area contributed by atoms with Crippen molar-refractivity contribution in [3.05, 3.63) is 17.0 Å². The fourth-order valence-electron chi connectivity index (χ4n) is 0.654. The molecule has 62 valence electrons. The van der Waals surface area contributed by atoms with Crippen molar-refractivity contribution >= 4 is 44.8 Å². The highest BCUT2D eigenvalue weighted by Gasteiger charge is 2.05. The van der Waals surface area contributed by atoms with Crippen molar-refractivity contribution in [1.29, 1.82) is 5.26 Å². The van der Waals surface area contributed by atoms with Gasteiger partial charge < -0.3 is 5.32 Å². The maximum Gasteiger partial charge on any atom is 0.234 e. The maximum absolute atomic E-state index is 10.9. The summed E-state index contributed by atoms with van der Waals surface area (Å²) < 4.78 is 0.403. The third kappa shape index (κ3) is 2.19. The van der Waals surface area contributed by atoms with Crippen molar-refractivity contribution in [3.8, 4) is 6.07 Å². The van der Waals surface area contributed by atoms with Gasteiger partial charge in [-0.2, -0.15) is 5.26 Å². The Morgan fingerprint density at radius 1 is 1.83 bits per heavy atom.